The van der Waals surface area contributed by atoms with E-state index < -0.39 is 11.6 Å². The minimum atomic E-state index is -0.730. The van der Waals surface area contributed by atoms with Crippen LogP contribution in [-0.4, -0.2) is 32.1 Å². The molecule has 0 saturated heterocycles. The molecule has 1 rings (SSSR count). The molecular formula is C12H15F2N3. The molecule has 5 heteroatoms. The summed E-state index contributed by atoms with van der Waals surface area (Å²) in [6, 6.07) is 3.75. The van der Waals surface area contributed by atoms with E-state index >= 15 is 0 Å². The van der Waals surface area contributed by atoms with Crippen LogP contribution in [0.2, 0.25) is 0 Å². The number of anilines is 1. The molecule has 0 radical (unpaired) electrons. The first-order valence-electron chi connectivity index (χ1n) is 5.32. The van der Waals surface area contributed by atoms with Crippen LogP contribution in [0.3, 0.4) is 0 Å². The van der Waals surface area contributed by atoms with E-state index in [1.807, 2.05) is 19.0 Å². The molecule has 17 heavy (non-hydrogen) atoms. The second kappa shape index (κ2) is 6.16. The second-order valence-electron chi connectivity index (χ2n) is 4.01. The van der Waals surface area contributed by atoms with Crippen LogP contribution in [0.15, 0.2) is 12.1 Å². The summed E-state index contributed by atoms with van der Waals surface area (Å²) in [4.78, 5) is 1.99. The summed E-state index contributed by atoms with van der Waals surface area (Å²) >= 11 is 0. The fourth-order valence-electron chi connectivity index (χ4n) is 1.42. The first kappa shape index (κ1) is 13.4. The van der Waals surface area contributed by atoms with Crippen LogP contribution in [0.25, 0.3) is 0 Å². The van der Waals surface area contributed by atoms with Gasteiger partial charge in [0.2, 0.25) is 0 Å². The topological polar surface area (TPSA) is 39.1 Å². The van der Waals surface area contributed by atoms with Crippen molar-refractivity contribution < 1.29 is 8.78 Å². The molecule has 0 spiro atoms. The third kappa shape index (κ3) is 4.00. The van der Waals surface area contributed by atoms with Crippen LogP contribution in [0, 0.1) is 23.0 Å². The normalized spacial score (nSPS) is 10.4. The average Bonchev–Trinajstić information content (AvgIpc) is 2.26. The summed E-state index contributed by atoms with van der Waals surface area (Å²) in [6.45, 7) is 1.32. The van der Waals surface area contributed by atoms with Gasteiger partial charge >= 0.3 is 0 Å². The van der Waals surface area contributed by atoms with E-state index in [-0.39, 0.29) is 11.3 Å². The number of halogens is 2. The highest BCUT2D eigenvalue weighted by molar-refractivity contribution is 5.50. The fourth-order valence-corrected chi connectivity index (χ4v) is 1.42. The van der Waals surface area contributed by atoms with Gasteiger partial charge in [0, 0.05) is 6.54 Å². The molecule has 1 aromatic rings. The lowest BCUT2D eigenvalue weighted by Crippen LogP contribution is -2.17. The van der Waals surface area contributed by atoms with Gasteiger partial charge in [-0.05, 0) is 39.2 Å². The molecule has 0 aliphatic carbocycles. The summed E-state index contributed by atoms with van der Waals surface area (Å²) in [6.07, 6.45) is 0.784. The number of nitrogens with one attached hydrogen (secondary N) is 1. The molecule has 0 fully saturated rings. The van der Waals surface area contributed by atoms with E-state index in [1.165, 1.54) is 0 Å². The first-order valence-corrected chi connectivity index (χ1v) is 5.32. The predicted octanol–water partition coefficient (Wildman–Crippen LogP) is 2.20. The van der Waals surface area contributed by atoms with Gasteiger partial charge in [0.1, 0.15) is 5.69 Å². The zero-order chi connectivity index (χ0) is 12.8. The van der Waals surface area contributed by atoms with Gasteiger partial charge in [-0.1, -0.05) is 0 Å². The Morgan fingerprint density at radius 2 is 1.88 bits per heavy atom. The number of benzene rings is 1. The Morgan fingerprint density at radius 3 is 2.35 bits per heavy atom. The highest BCUT2D eigenvalue weighted by Crippen LogP contribution is 2.20. The summed E-state index contributed by atoms with van der Waals surface area (Å²) in [5.41, 5.74) is -0.179. The minimum Gasteiger partial charge on any atom is -0.380 e. The molecular weight excluding hydrogens is 224 g/mol. The molecule has 0 unspecified atom stereocenters. The molecule has 0 bridgehead atoms. The van der Waals surface area contributed by atoms with Gasteiger partial charge in [0.15, 0.2) is 11.6 Å². The molecule has 3 nitrogen and oxygen atoms in total. The van der Waals surface area contributed by atoms with Crippen molar-refractivity contribution in [2.24, 2.45) is 0 Å². The van der Waals surface area contributed by atoms with Crippen LogP contribution >= 0.6 is 0 Å². The molecule has 1 aromatic carbocycles. The molecule has 0 heterocycles. The Labute approximate surface area is 99.7 Å². The third-order valence-corrected chi connectivity index (χ3v) is 2.26. The van der Waals surface area contributed by atoms with Gasteiger partial charge < -0.3 is 10.2 Å². The fraction of sp³-hybridized carbons (Fsp3) is 0.417. The molecule has 0 amide bonds. The van der Waals surface area contributed by atoms with Crippen molar-refractivity contribution in [3.8, 4) is 6.07 Å². The predicted molar refractivity (Wildman–Crippen MR) is 62.7 cm³/mol. The van der Waals surface area contributed by atoms with Crippen molar-refractivity contribution in [3.05, 3.63) is 29.3 Å². The second-order valence-corrected chi connectivity index (χ2v) is 4.01. The van der Waals surface area contributed by atoms with Gasteiger partial charge in [-0.15, -0.1) is 0 Å². The summed E-state index contributed by atoms with van der Waals surface area (Å²) < 4.78 is 26.8. The van der Waals surface area contributed by atoms with Gasteiger partial charge in [0.05, 0.1) is 11.6 Å². The van der Waals surface area contributed by atoms with Crippen molar-refractivity contribution in [1.29, 1.82) is 5.26 Å². The minimum absolute atomic E-state index is 0.0150. The number of nitriles is 1. The molecule has 0 aliphatic rings. The Kier molecular flexibility index (Phi) is 4.85. The van der Waals surface area contributed by atoms with E-state index in [9.17, 15) is 8.78 Å². The van der Waals surface area contributed by atoms with Gasteiger partial charge in [-0.3, -0.25) is 0 Å². The average molecular weight is 239 g/mol. The van der Waals surface area contributed by atoms with Gasteiger partial charge in [0.25, 0.3) is 0 Å². The van der Waals surface area contributed by atoms with Gasteiger partial charge in [-0.2, -0.15) is 5.26 Å². The van der Waals surface area contributed by atoms with Crippen LogP contribution in [-0.2, 0) is 0 Å². The number of nitrogens with zero attached hydrogens (tertiary/aromatic N) is 2. The van der Waals surface area contributed by atoms with E-state index in [2.05, 4.69) is 5.32 Å². The maximum atomic E-state index is 13.4. The Bertz CT molecular complexity index is 401. The number of hydrogen-bond acceptors (Lipinski definition) is 3. The summed E-state index contributed by atoms with van der Waals surface area (Å²) in [5, 5.41) is 11.2. The van der Waals surface area contributed by atoms with Gasteiger partial charge in [-0.25, -0.2) is 8.78 Å². The SMILES string of the molecule is CN(C)CCCNc1c(F)cc(C#N)cc1F. The van der Waals surface area contributed by atoms with E-state index in [0.717, 1.165) is 25.1 Å². The van der Waals surface area contributed by atoms with Crippen molar-refractivity contribution >= 4 is 5.69 Å². The van der Waals surface area contributed by atoms with Crippen molar-refractivity contribution in [2.45, 2.75) is 6.42 Å². The lowest BCUT2D eigenvalue weighted by molar-refractivity contribution is 0.405. The Morgan fingerprint density at radius 1 is 1.29 bits per heavy atom. The Balaban J connectivity index is 2.63. The van der Waals surface area contributed by atoms with Crippen molar-refractivity contribution in [3.63, 3.8) is 0 Å². The largest absolute Gasteiger partial charge is 0.380 e. The Hall–Kier alpha value is -1.67. The molecule has 0 atom stereocenters. The van der Waals surface area contributed by atoms with Crippen molar-refractivity contribution in [1.82, 2.24) is 4.90 Å². The molecule has 0 saturated carbocycles. The van der Waals surface area contributed by atoms with E-state index in [1.54, 1.807) is 6.07 Å². The highest BCUT2D eigenvalue weighted by atomic mass is 19.1. The van der Waals surface area contributed by atoms with Crippen molar-refractivity contribution in [2.75, 3.05) is 32.5 Å². The van der Waals surface area contributed by atoms with E-state index in [0.29, 0.717) is 6.54 Å². The monoisotopic (exact) mass is 239 g/mol. The lowest BCUT2D eigenvalue weighted by Gasteiger charge is -2.11. The molecule has 0 aromatic heterocycles. The van der Waals surface area contributed by atoms with Crippen LogP contribution in [0.1, 0.15) is 12.0 Å². The molecule has 1 N–H and O–H groups in total. The number of rotatable bonds is 5. The summed E-state index contributed by atoms with van der Waals surface area (Å²) in [5.74, 6) is -1.46. The molecule has 92 valence electrons. The standard InChI is InChI=1S/C12H15F2N3/c1-17(2)5-3-4-16-12-10(13)6-9(8-15)7-11(12)14/h6-7,16H,3-5H2,1-2H3. The third-order valence-electron chi connectivity index (χ3n) is 2.26. The van der Waals surface area contributed by atoms with E-state index in [4.69, 9.17) is 5.26 Å². The lowest BCUT2D eigenvalue weighted by atomic mass is 10.2. The van der Waals surface area contributed by atoms with Crippen LogP contribution in [0.5, 0.6) is 0 Å². The highest BCUT2D eigenvalue weighted by Gasteiger charge is 2.10. The zero-order valence-corrected chi connectivity index (χ0v) is 9.93. The summed E-state index contributed by atoms with van der Waals surface area (Å²) in [7, 11) is 3.87. The quantitative estimate of drug-likeness (QED) is 0.801. The van der Waals surface area contributed by atoms with Crippen LogP contribution in [0.4, 0.5) is 14.5 Å². The maximum absolute atomic E-state index is 13.4. The maximum Gasteiger partial charge on any atom is 0.150 e. The zero-order valence-electron chi connectivity index (χ0n) is 9.93. The smallest absolute Gasteiger partial charge is 0.150 e. The van der Waals surface area contributed by atoms with Crippen LogP contribution < -0.4 is 5.32 Å². The molecule has 0 aliphatic heterocycles. The number of hydrogen-bond donors (Lipinski definition) is 1. The first-order chi connectivity index (χ1) is 8.04.